The molecule has 2 aromatic rings. The number of hydrogen-bond donors (Lipinski definition) is 1. The minimum absolute atomic E-state index is 0.131. The van der Waals surface area contributed by atoms with Crippen LogP contribution in [0.5, 0.6) is 5.75 Å². The molecule has 0 spiro atoms. The van der Waals surface area contributed by atoms with E-state index < -0.39 is 6.36 Å². The summed E-state index contributed by atoms with van der Waals surface area (Å²) < 4.78 is 41.1. The average Bonchev–Trinajstić information content (AvgIpc) is 2.62. The highest BCUT2D eigenvalue weighted by molar-refractivity contribution is 5.62. The molecule has 0 atom stereocenters. The summed E-state index contributed by atoms with van der Waals surface area (Å²) in [7, 11) is 0. The van der Waals surface area contributed by atoms with E-state index in [0.717, 1.165) is 26.2 Å². The lowest BCUT2D eigenvalue weighted by Gasteiger charge is -2.34. The van der Waals surface area contributed by atoms with Crippen LogP contribution in [0.15, 0.2) is 36.7 Å². The van der Waals surface area contributed by atoms with Gasteiger partial charge < -0.3 is 14.7 Å². The second kappa shape index (κ2) is 7.88. The number of aliphatic hydroxyl groups excluding tert-OH is 1. The Hall–Kier alpha value is -2.39. The predicted octanol–water partition coefficient (Wildman–Crippen LogP) is 2.16. The number of piperazine rings is 1. The summed E-state index contributed by atoms with van der Waals surface area (Å²) in [5.41, 5.74) is 0.980. The monoisotopic (exact) mass is 368 g/mol. The van der Waals surface area contributed by atoms with E-state index in [-0.39, 0.29) is 12.4 Å². The Kier molecular flexibility index (Phi) is 5.58. The maximum absolute atomic E-state index is 12.4. The Morgan fingerprint density at radius 2 is 1.88 bits per heavy atom. The topological polar surface area (TPSA) is 61.7 Å². The zero-order valence-corrected chi connectivity index (χ0v) is 14.0. The standard InChI is InChI=1S/C17H19F3N4O2/c18-17(19,20)26-14-3-1-2-13(10-14)15-11-21-12-16(22-15)24-6-4-23(5-7-24)8-9-25/h1-3,10-12,25H,4-9H2. The molecular formula is C17H19F3N4O2. The molecule has 0 saturated carbocycles. The molecule has 26 heavy (non-hydrogen) atoms. The first-order valence-electron chi connectivity index (χ1n) is 8.21. The zero-order valence-electron chi connectivity index (χ0n) is 14.0. The summed E-state index contributed by atoms with van der Waals surface area (Å²) in [6, 6.07) is 5.68. The summed E-state index contributed by atoms with van der Waals surface area (Å²) in [4.78, 5) is 12.9. The van der Waals surface area contributed by atoms with Crippen LogP contribution in [0.25, 0.3) is 11.3 Å². The van der Waals surface area contributed by atoms with Crippen LogP contribution in [0, 0.1) is 0 Å². The van der Waals surface area contributed by atoms with Gasteiger partial charge in [-0.3, -0.25) is 9.88 Å². The molecule has 1 aliphatic rings. The quantitative estimate of drug-likeness (QED) is 0.873. The van der Waals surface area contributed by atoms with Crippen molar-refractivity contribution in [2.75, 3.05) is 44.2 Å². The predicted molar refractivity (Wildman–Crippen MR) is 89.9 cm³/mol. The molecule has 2 heterocycles. The summed E-state index contributed by atoms with van der Waals surface area (Å²) in [6.07, 6.45) is -1.58. The van der Waals surface area contributed by atoms with Gasteiger partial charge in [0.15, 0.2) is 0 Å². The molecule has 0 bridgehead atoms. The van der Waals surface area contributed by atoms with Crippen molar-refractivity contribution in [3.8, 4) is 17.0 Å². The highest BCUT2D eigenvalue weighted by Crippen LogP contribution is 2.27. The van der Waals surface area contributed by atoms with E-state index >= 15 is 0 Å². The Bertz CT molecular complexity index is 734. The number of aromatic nitrogens is 2. The third-order valence-electron chi connectivity index (χ3n) is 4.10. The van der Waals surface area contributed by atoms with E-state index in [4.69, 9.17) is 5.11 Å². The summed E-state index contributed by atoms with van der Waals surface area (Å²) >= 11 is 0. The van der Waals surface area contributed by atoms with Gasteiger partial charge in [-0.25, -0.2) is 4.98 Å². The summed E-state index contributed by atoms with van der Waals surface area (Å²) in [5.74, 6) is 0.383. The van der Waals surface area contributed by atoms with Crippen LogP contribution in [0.3, 0.4) is 0 Å². The number of ether oxygens (including phenoxy) is 1. The van der Waals surface area contributed by atoms with Gasteiger partial charge in [0.1, 0.15) is 11.6 Å². The van der Waals surface area contributed by atoms with Crippen molar-refractivity contribution in [2.24, 2.45) is 0 Å². The Morgan fingerprint density at radius 1 is 1.12 bits per heavy atom. The molecule has 0 unspecified atom stereocenters. The number of alkyl halides is 3. The van der Waals surface area contributed by atoms with Crippen LogP contribution in [0.2, 0.25) is 0 Å². The van der Waals surface area contributed by atoms with Gasteiger partial charge in [0.25, 0.3) is 0 Å². The molecule has 140 valence electrons. The lowest BCUT2D eigenvalue weighted by molar-refractivity contribution is -0.274. The molecule has 0 aliphatic carbocycles. The van der Waals surface area contributed by atoms with Crippen molar-refractivity contribution in [3.63, 3.8) is 0 Å². The molecule has 1 N–H and O–H groups in total. The van der Waals surface area contributed by atoms with Crippen LogP contribution in [-0.2, 0) is 0 Å². The smallest absolute Gasteiger partial charge is 0.406 e. The van der Waals surface area contributed by atoms with Crippen molar-refractivity contribution in [2.45, 2.75) is 6.36 Å². The molecule has 6 nitrogen and oxygen atoms in total. The van der Waals surface area contributed by atoms with E-state index in [0.29, 0.717) is 23.6 Å². The van der Waals surface area contributed by atoms with Crippen LogP contribution in [0.4, 0.5) is 19.0 Å². The lowest BCUT2D eigenvalue weighted by atomic mass is 10.1. The third kappa shape index (κ3) is 4.83. The van der Waals surface area contributed by atoms with E-state index in [9.17, 15) is 13.2 Å². The van der Waals surface area contributed by atoms with Gasteiger partial charge in [-0.05, 0) is 12.1 Å². The number of rotatable bonds is 5. The fraction of sp³-hybridized carbons (Fsp3) is 0.412. The van der Waals surface area contributed by atoms with E-state index in [2.05, 4.69) is 24.5 Å². The highest BCUT2D eigenvalue weighted by Gasteiger charge is 2.31. The van der Waals surface area contributed by atoms with Gasteiger partial charge in [-0.15, -0.1) is 13.2 Å². The average molecular weight is 368 g/mol. The fourth-order valence-corrected chi connectivity index (χ4v) is 2.84. The van der Waals surface area contributed by atoms with Gasteiger partial charge in [-0.2, -0.15) is 0 Å². The molecule has 0 radical (unpaired) electrons. The fourth-order valence-electron chi connectivity index (χ4n) is 2.84. The molecule has 1 fully saturated rings. The first-order valence-corrected chi connectivity index (χ1v) is 8.21. The number of β-amino-alcohol motifs (C(OH)–C–C–N with tert-alkyl or cyclic N) is 1. The third-order valence-corrected chi connectivity index (χ3v) is 4.10. The number of anilines is 1. The molecule has 1 aliphatic heterocycles. The SMILES string of the molecule is OCCN1CCN(c2cncc(-c3cccc(OC(F)(F)F)c3)n2)CC1. The normalized spacial score (nSPS) is 15.9. The second-order valence-corrected chi connectivity index (χ2v) is 5.89. The summed E-state index contributed by atoms with van der Waals surface area (Å²) in [5, 5.41) is 9.00. The van der Waals surface area contributed by atoms with Gasteiger partial charge in [-0.1, -0.05) is 12.1 Å². The summed E-state index contributed by atoms with van der Waals surface area (Å²) in [6.45, 7) is 3.88. The van der Waals surface area contributed by atoms with Crippen molar-refractivity contribution in [3.05, 3.63) is 36.7 Å². The molecule has 9 heteroatoms. The first-order chi connectivity index (χ1) is 12.4. The number of aliphatic hydroxyl groups is 1. The minimum atomic E-state index is -4.74. The molecule has 3 rings (SSSR count). The van der Waals surface area contributed by atoms with Crippen LogP contribution < -0.4 is 9.64 Å². The molecule has 1 aromatic carbocycles. The second-order valence-electron chi connectivity index (χ2n) is 5.89. The van der Waals surface area contributed by atoms with Crippen LogP contribution in [-0.4, -0.2) is 65.7 Å². The number of benzene rings is 1. The van der Waals surface area contributed by atoms with Crippen LogP contribution in [0.1, 0.15) is 0 Å². The minimum Gasteiger partial charge on any atom is -0.406 e. The number of hydrogen-bond acceptors (Lipinski definition) is 6. The van der Waals surface area contributed by atoms with Gasteiger partial charge in [0, 0.05) is 38.3 Å². The van der Waals surface area contributed by atoms with Crippen molar-refractivity contribution < 1.29 is 23.0 Å². The van der Waals surface area contributed by atoms with Gasteiger partial charge in [0.2, 0.25) is 0 Å². The first kappa shape index (κ1) is 18.4. The Morgan fingerprint density at radius 3 is 2.58 bits per heavy atom. The molecule has 1 aromatic heterocycles. The highest BCUT2D eigenvalue weighted by atomic mass is 19.4. The lowest BCUT2D eigenvalue weighted by Crippen LogP contribution is -2.47. The number of nitrogens with zero attached hydrogens (tertiary/aromatic N) is 4. The zero-order chi connectivity index (χ0) is 18.6. The number of halogens is 3. The van der Waals surface area contributed by atoms with E-state index in [1.54, 1.807) is 12.3 Å². The maximum atomic E-state index is 12.4. The van der Waals surface area contributed by atoms with Crippen molar-refractivity contribution in [1.29, 1.82) is 0 Å². The van der Waals surface area contributed by atoms with Gasteiger partial charge in [0.05, 0.1) is 24.7 Å². The Balaban J connectivity index is 1.75. The van der Waals surface area contributed by atoms with Gasteiger partial charge >= 0.3 is 6.36 Å². The van der Waals surface area contributed by atoms with Crippen molar-refractivity contribution >= 4 is 5.82 Å². The molecule has 0 amide bonds. The molecular weight excluding hydrogens is 349 g/mol. The molecule has 1 saturated heterocycles. The van der Waals surface area contributed by atoms with Crippen molar-refractivity contribution in [1.82, 2.24) is 14.9 Å². The van der Waals surface area contributed by atoms with Crippen LogP contribution >= 0.6 is 0 Å². The van der Waals surface area contributed by atoms with E-state index in [1.165, 1.54) is 24.4 Å². The maximum Gasteiger partial charge on any atom is 0.573 e. The Labute approximate surface area is 148 Å². The largest absolute Gasteiger partial charge is 0.573 e. The van der Waals surface area contributed by atoms with E-state index in [1.807, 2.05) is 0 Å².